The molecular formula is C17H24N2O2. The van der Waals surface area contributed by atoms with E-state index in [1.807, 2.05) is 6.20 Å². The third-order valence-electron chi connectivity index (χ3n) is 5.31. The molecule has 4 nitrogen and oxygen atoms in total. The normalized spacial score (nSPS) is 28.9. The van der Waals surface area contributed by atoms with Crippen LogP contribution in [0, 0.1) is 11.8 Å². The maximum Gasteiger partial charge on any atom is 0.306 e. The molecule has 1 aromatic heterocycles. The molecule has 0 bridgehead atoms. The number of carboxylic acid groups (broad SMARTS) is 1. The lowest BCUT2D eigenvalue weighted by molar-refractivity contribution is -0.142. The average molecular weight is 288 g/mol. The van der Waals surface area contributed by atoms with Crippen molar-refractivity contribution in [3.05, 3.63) is 23.3 Å². The number of rotatable bonds is 3. The third kappa shape index (κ3) is 3.09. The smallest absolute Gasteiger partial charge is 0.306 e. The molecule has 0 aromatic carbocycles. The lowest BCUT2D eigenvalue weighted by atomic mass is 9.80. The van der Waals surface area contributed by atoms with Crippen LogP contribution >= 0.6 is 0 Å². The van der Waals surface area contributed by atoms with Gasteiger partial charge in [-0.15, -0.1) is 0 Å². The lowest BCUT2D eigenvalue weighted by Crippen LogP contribution is -2.24. The van der Waals surface area contributed by atoms with Crippen molar-refractivity contribution in [2.24, 2.45) is 11.8 Å². The van der Waals surface area contributed by atoms with Crippen molar-refractivity contribution < 1.29 is 9.90 Å². The van der Waals surface area contributed by atoms with Crippen LogP contribution < -0.4 is 0 Å². The number of aromatic nitrogens is 2. The Morgan fingerprint density at radius 1 is 1.29 bits per heavy atom. The standard InChI is InChI=1S/C17H24N2O2/c1-2-11-3-5-12(6-4-11)16-18-10-14-9-13(17(20)21)7-8-15(14)19-16/h10-13H,2-9H2,1H3,(H,20,21). The van der Waals surface area contributed by atoms with E-state index in [-0.39, 0.29) is 5.92 Å². The molecule has 1 saturated carbocycles. The van der Waals surface area contributed by atoms with Crippen molar-refractivity contribution in [2.45, 2.75) is 64.2 Å². The zero-order chi connectivity index (χ0) is 14.8. The summed E-state index contributed by atoms with van der Waals surface area (Å²) in [6.07, 6.45) is 10.3. The van der Waals surface area contributed by atoms with Crippen LogP contribution in [-0.2, 0) is 17.6 Å². The Balaban J connectivity index is 1.71. The summed E-state index contributed by atoms with van der Waals surface area (Å²) in [5, 5.41) is 9.13. The molecule has 0 saturated heterocycles. The van der Waals surface area contributed by atoms with E-state index in [9.17, 15) is 4.79 Å². The van der Waals surface area contributed by atoms with Gasteiger partial charge in [0, 0.05) is 17.8 Å². The van der Waals surface area contributed by atoms with E-state index in [1.165, 1.54) is 32.1 Å². The molecule has 0 amide bonds. The summed E-state index contributed by atoms with van der Waals surface area (Å²) in [6.45, 7) is 2.28. The summed E-state index contributed by atoms with van der Waals surface area (Å²) >= 11 is 0. The van der Waals surface area contributed by atoms with Gasteiger partial charge in [0.25, 0.3) is 0 Å². The fraction of sp³-hybridized carbons (Fsp3) is 0.706. The molecule has 0 spiro atoms. The van der Waals surface area contributed by atoms with Crippen LogP contribution in [0.25, 0.3) is 0 Å². The first kappa shape index (κ1) is 14.5. The predicted octanol–water partition coefficient (Wildman–Crippen LogP) is 3.35. The van der Waals surface area contributed by atoms with Crippen LogP contribution in [-0.4, -0.2) is 21.0 Å². The topological polar surface area (TPSA) is 63.1 Å². The van der Waals surface area contributed by atoms with E-state index in [0.29, 0.717) is 18.8 Å². The van der Waals surface area contributed by atoms with Gasteiger partial charge in [0.1, 0.15) is 5.82 Å². The molecule has 2 aliphatic carbocycles. The average Bonchev–Trinajstić information content (AvgIpc) is 2.54. The Morgan fingerprint density at radius 3 is 2.71 bits per heavy atom. The van der Waals surface area contributed by atoms with E-state index in [1.54, 1.807) is 0 Å². The molecule has 1 N–H and O–H groups in total. The number of aryl methyl sites for hydroxylation is 1. The van der Waals surface area contributed by atoms with E-state index in [0.717, 1.165) is 29.4 Å². The van der Waals surface area contributed by atoms with Crippen molar-refractivity contribution >= 4 is 5.97 Å². The third-order valence-corrected chi connectivity index (χ3v) is 5.31. The summed E-state index contributed by atoms with van der Waals surface area (Å²) in [4.78, 5) is 20.4. The van der Waals surface area contributed by atoms with Gasteiger partial charge in [-0.2, -0.15) is 0 Å². The van der Waals surface area contributed by atoms with Crippen LogP contribution in [0.4, 0.5) is 0 Å². The summed E-state index contributed by atoms with van der Waals surface area (Å²) < 4.78 is 0. The van der Waals surface area contributed by atoms with Crippen molar-refractivity contribution in [1.82, 2.24) is 9.97 Å². The van der Waals surface area contributed by atoms with E-state index in [4.69, 9.17) is 10.1 Å². The predicted molar refractivity (Wildman–Crippen MR) is 80.2 cm³/mol. The quantitative estimate of drug-likeness (QED) is 0.926. The molecule has 0 radical (unpaired) electrons. The van der Waals surface area contributed by atoms with Crippen molar-refractivity contribution in [3.63, 3.8) is 0 Å². The molecule has 1 unspecified atom stereocenters. The van der Waals surface area contributed by atoms with Crippen molar-refractivity contribution in [2.75, 3.05) is 0 Å². The molecule has 1 fully saturated rings. The number of fused-ring (bicyclic) bond motifs is 1. The second-order valence-corrected chi connectivity index (χ2v) is 6.60. The maximum absolute atomic E-state index is 11.1. The Morgan fingerprint density at radius 2 is 2.05 bits per heavy atom. The van der Waals surface area contributed by atoms with Crippen LogP contribution in [0.5, 0.6) is 0 Å². The van der Waals surface area contributed by atoms with Crippen molar-refractivity contribution in [3.8, 4) is 0 Å². The highest BCUT2D eigenvalue weighted by atomic mass is 16.4. The molecule has 1 heterocycles. The Labute approximate surface area is 126 Å². The van der Waals surface area contributed by atoms with Gasteiger partial charge in [0.05, 0.1) is 5.92 Å². The SMILES string of the molecule is CCC1CCC(c2ncc3c(n2)CCC(C(=O)O)C3)CC1. The minimum Gasteiger partial charge on any atom is -0.481 e. The first-order chi connectivity index (χ1) is 10.2. The lowest BCUT2D eigenvalue weighted by Gasteiger charge is -2.28. The monoisotopic (exact) mass is 288 g/mol. The van der Waals surface area contributed by atoms with Gasteiger partial charge in [-0.25, -0.2) is 9.97 Å². The molecule has 1 aromatic rings. The van der Waals surface area contributed by atoms with Crippen LogP contribution in [0.15, 0.2) is 6.20 Å². The Hall–Kier alpha value is -1.45. The number of carboxylic acids is 1. The van der Waals surface area contributed by atoms with Gasteiger partial charge in [-0.05, 0) is 56.4 Å². The largest absolute Gasteiger partial charge is 0.481 e. The Kier molecular flexibility index (Phi) is 4.22. The van der Waals surface area contributed by atoms with Gasteiger partial charge in [-0.3, -0.25) is 4.79 Å². The number of hydrogen-bond donors (Lipinski definition) is 1. The van der Waals surface area contributed by atoms with Crippen LogP contribution in [0.3, 0.4) is 0 Å². The second-order valence-electron chi connectivity index (χ2n) is 6.60. The highest BCUT2D eigenvalue weighted by Gasteiger charge is 2.28. The minimum absolute atomic E-state index is 0.257. The fourth-order valence-corrected chi connectivity index (χ4v) is 3.76. The van der Waals surface area contributed by atoms with Crippen LogP contribution in [0.2, 0.25) is 0 Å². The van der Waals surface area contributed by atoms with E-state index >= 15 is 0 Å². The summed E-state index contributed by atoms with van der Waals surface area (Å²) in [5.41, 5.74) is 2.13. The number of carbonyl (C=O) groups is 1. The minimum atomic E-state index is -0.692. The van der Waals surface area contributed by atoms with Gasteiger partial charge >= 0.3 is 5.97 Å². The highest BCUT2D eigenvalue weighted by Crippen LogP contribution is 2.36. The van der Waals surface area contributed by atoms with Gasteiger partial charge in [-0.1, -0.05) is 13.3 Å². The highest BCUT2D eigenvalue weighted by molar-refractivity contribution is 5.70. The van der Waals surface area contributed by atoms with Gasteiger partial charge < -0.3 is 5.11 Å². The molecule has 114 valence electrons. The summed E-state index contributed by atoms with van der Waals surface area (Å²) in [6, 6.07) is 0. The first-order valence-electron chi connectivity index (χ1n) is 8.24. The van der Waals surface area contributed by atoms with Gasteiger partial charge in [0.2, 0.25) is 0 Å². The van der Waals surface area contributed by atoms with Crippen molar-refractivity contribution in [1.29, 1.82) is 0 Å². The molecule has 3 rings (SSSR count). The fourth-order valence-electron chi connectivity index (χ4n) is 3.76. The molecule has 21 heavy (non-hydrogen) atoms. The number of nitrogens with zero attached hydrogens (tertiary/aromatic N) is 2. The number of aliphatic carboxylic acids is 1. The molecule has 4 heteroatoms. The second kappa shape index (κ2) is 6.12. The van der Waals surface area contributed by atoms with E-state index < -0.39 is 5.97 Å². The molecule has 1 atom stereocenters. The maximum atomic E-state index is 11.1. The number of hydrogen-bond acceptors (Lipinski definition) is 3. The van der Waals surface area contributed by atoms with Gasteiger partial charge in [0.15, 0.2) is 0 Å². The first-order valence-corrected chi connectivity index (χ1v) is 8.24. The summed E-state index contributed by atoms with van der Waals surface area (Å²) in [5.74, 6) is 1.44. The molecular weight excluding hydrogens is 264 g/mol. The summed E-state index contributed by atoms with van der Waals surface area (Å²) in [7, 11) is 0. The van der Waals surface area contributed by atoms with E-state index in [2.05, 4.69) is 11.9 Å². The zero-order valence-corrected chi connectivity index (χ0v) is 12.7. The zero-order valence-electron chi connectivity index (χ0n) is 12.7. The molecule has 2 aliphatic rings. The molecule has 0 aliphatic heterocycles. The van der Waals surface area contributed by atoms with Crippen LogP contribution in [0.1, 0.15) is 68.4 Å². The Bertz CT molecular complexity index is 522.